The lowest BCUT2D eigenvalue weighted by Crippen LogP contribution is -2.51. The minimum atomic E-state index is 0.242. The molecule has 1 atom stereocenters. The molecule has 0 bridgehead atoms. The molecule has 0 spiro atoms. The lowest BCUT2D eigenvalue weighted by atomic mass is 10.1. The monoisotopic (exact) mass is 276 g/mol. The van der Waals surface area contributed by atoms with E-state index in [0.29, 0.717) is 6.04 Å². The van der Waals surface area contributed by atoms with Crippen molar-refractivity contribution in [2.24, 2.45) is 0 Å². The minimum Gasteiger partial charge on any atom is -0.396 e. The molecule has 1 aromatic heterocycles. The third-order valence-electron chi connectivity index (χ3n) is 4.09. The molecule has 108 valence electrons. The first kappa shape index (κ1) is 13.5. The molecule has 0 radical (unpaired) electrons. The molecule has 1 N–H and O–H groups in total. The van der Waals surface area contributed by atoms with Gasteiger partial charge in [-0.25, -0.2) is 4.63 Å². The normalized spacial score (nSPS) is 21.6. The van der Waals surface area contributed by atoms with Crippen LogP contribution in [0, 0.1) is 0 Å². The Morgan fingerprint density at radius 1 is 1.35 bits per heavy atom. The Bertz CT molecular complexity index is 571. The number of hydrogen-bond donors (Lipinski definition) is 1. The van der Waals surface area contributed by atoms with Gasteiger partial charge in [-0.15, -0.1) is 0 Å². The number of aliphatic hydroxyl groups excluding tert-OH is 1. The fourth-order valence-electron chi connectivity index (χ4n) is 2.85. The highest BCUT2D eigenvalue weighted by molar-refractivity contribution is 5.76. The zero-order valence-corrected chi connectivity index (χ0v) is 11.7. The van der Waals surface area contributed by atoms with E-state index in [0.717, 1.165) is 49.2 Å². The summed E-state index contributed by atoms with van der Waals surface area (Å²) >= 11 is 0. The Labute approximate surface area is 117 Å². The van der Waals surface area contributed by atoms with E-state index in [1.54, 1.807) is 0 Å². The Kier molecular flexibility index (Phi) is 3.95. The van der Waals surface area contributed by atoms with E-state index in [2.05, 4.69) is 33.2 Å². The van der Waals surface area contributed by atoms with Gasteiger partial charge in [0.1, 0.15) is 11.0 Å². The summed E-state index contributed by atoms with van der Waals surface area (Å²) in [5, 5.41) is 17.0. The number of nitrogens with zero attached hydrogens (tertiary/aromatic N) is 4. The largest absolute Gasteiger partial charge is 0.396 e. The number of benzene rings is 1. The van der Waals surface area contributed by atoms with Gasteiger partial charge in [0, 0.05) is 38.8 Å². The lowest BCUT2D eigenvalue weighted by Gasteiger charge is -2.39. The fraction of sp³-hybridized carbons (Fsp3) is 0.571. The molecular formula is C14H20N4O2. The molecule has 0 saturated carbocycles. The highest BCUT2D eigenvalue weighted by Crippen LogP contribution is 2.19. The highest BCUT2D eigenvalue weighted by Gasteiger charge is 2.24. The van der Waals surface area contributed by atoms with Crippen molar-refractivity contribution in [3.63, 3.8) is 0 Å². The van der Waals surface area contributed by atoms with Crippen LogP contribution in [0.1, 0.15) is 12.0 Å². The smallest absolute Gasteiger partial charge is 0.139 e. The van der Waals surface area contributed by atoms with Crippen LogP contribution in [0.3, 0.4) is 0 Å². The number of hydrogen-bond acceptors (Lipinski definition) is 6. The van der Waals surface area contributed by atoms with E-state index >= 15 is 0 Å². The average molecular weight is 276 g/mol. The maximum atomic E-state index is 9.15. The molecule has 6 nitrogen and oxygen atoms in total. The van der Waals surface area contributed by atoms with Gasteiger partial charge in [-0.2, -0.15) is 0 Å². The summed E-state index contributed by atoms with van der Waals surface area (Å²) in [6.45, 7) is 4.11. The summed E-state index contributed by atoms with van der Waals surface area (Å²) in [6, 6.07) is 6.39. The standard InChI is InChI=1S/C14H20N4O2/c1-17-6-7-18(10-12(17)5-8-19)9-11-3-2-4-13-14(11)16-20-15-13/h2-4,12,19H,5-10H2,1H3. The van der Waals surface area contributed by atoms with Crippen LogP contribution < -0.4 is 0 Å². The van der Waals surface area contributed by atoms with Gasteiger partial charge in [0.25, 0.3) is 0 Å². The van der Waals surface area contributed by atoms with Crippen molar-refractivity contribution >= 4 is 11.0 Å². The molecule has 6 heteroatoms. The lowest BCUT2D eigenvalue weighted by molar-refractivity contribution is 0.0745. The summed E-state index contributed by atoms with van der Waals surface area (Å²) in [4.78, 5) is 4.73. The third-order valence-corrected chi connectivity index (χ3v) is 4.09. The third kappa shape index (κ3) is 2.67. The van der Waals surface area contributed by atoms with Crippen LogP contribution in [-0.4, -0.2) is 64.6 Å². The van der Waals surface area contributed by atoms with Crippen molar-refractivity contribution in [2.45, 2.75) is 19.0 Å². The van der Waals surface area contributed by atoms with E-state index in [4.69, 9.17) is 9.74 Å². The maximum Gasteiger partial charge on any atom is 0.139 e. The fourth-order valence-corrected chi connectivity index (χ4v) is 2.85. The number of likely N-dealkylation sites (N-methyl/N-ethyl adjacent to an activating group) is 1. The van der Waals surface area contributed by atoms with Gasteiger partial charge in [-0.3, -0.25) is 4.90 Å². The zero-order valence-electron chi connectivity index (χ0n) is 11.7. The Hall–Kier alpha value is -1.50. The van der Waals surface area contributed by atoms with E-state index in [1.807, 2.05) is 12.1 Å². The quantitative estimate of drug-likeness (QED) is 0.887. The minimum absolute atomic E-state index is 0.242. The number of fused-ring (bicyclic) bond motifs is 1. The second-order valence-corrected chi connectivity index (χ2v) is 5.43. The Balaban J connectivity index is 1.73. The van der Waals surface area contributed by atoms with E-state index in [1.165, 1.54) is 0 Å². The topological polar surface area (TPSA) is 65.6 Å². The molecule has 1 aliphatic heterocycles. The molecule has 1 fully saturated rings. The molecule has 3 rings (SSSR count). The van der Waals surface area contributed by atoms with Crippen molar-refractivity contribution in [3.05, 3.63) is 23.8 Å². The SMILES string of the molecule is CN1CCN(Cc2cccc3nonc23)CC1CCO. The molecule has 2 aromatic rings. The highest BCUT2D eigenvalue weighted by atomic mass is 16.6. The van der Waals surface area contributed by atoms with Gasteiger partial charge < -0.3 is 10.0 Å². The van der Waals surface area contributed by atoms with Gasteiger partial charge in [-0.05, 0) is 35.4 Å². The van der Waals surface area contributed by atoms with Crippen molar-refractivity contribution in [1.82, 2.24) is 20.1 Å². The molecule has 1 aliphatic rings. The number of aromatic nitrogens is 2. The number of rotatable bonds is 4. The van der Waals surface area contributed by atoms with E-state index in [9.17, 15) is 0 Å². The summed E-state index contributed by atoms with van der Waals surface area (Å²) < 4.78 is 4.81. The van der Waals surface area contributed by atoms with Crippen molar-refractivity contribution in [3.8, 4) is 0 Å². The summed E-state index contributed by atoms with van der Waals surface area (Å²) in [7, 11) is 2.12. The van der Waals surface area contributed by atoms with E-state index in [-0.39, 0.29) is 6.61 Å². The van der Waals surface area contributed by atoms with Crippen LogP contribution in [0.25, 0.3) is 11.0 Å². The predicted octanol–water partition coefficient (Wildman–Crippen LogP) is 0.721. The summed E-state index contributed by atoms with van der Waals surface area (Å²) in [5.74, 6) is 0. The first-order valence-electron chi connectivity index (χ1n) is 7.01. The van der Waals surface area contributed by atoms with Gasteiger partial charge in [0.2, 0.25) is 0 Å². The van der Waals surface area contributed by atoms with Gasteiger partial charge >= 0.3 is 0 Å². The molecular weight excluding hydrogens is 256 g/mol. The number of aliphatic hydroxyl groups is 1. The first-order chi connectivity index (χ1) is 9.78. The average Bonchev–Trinajstić information content (AvgIpc) is 2.92. The molecule has 20 heavy (non-hydrogen) atoms. The van der Waals surface area contributed by atoms with Crippen molar-refractivity contribution < 1.29 is 9.74 Å². The Morgan fingerprint density at radius 3 is 3.10 bits per heavy atom. The summed E-state index contributed by atoms with van der Waals surface area (Å²) in [6.07, 6.45) is 0.822. The molecule has 0 amide bonds. The molecule has 0 aliphatic carbocycles. The molecule has 1 saturated heterocycles. The summed E-state index contributed by atoms with van der Waals surface area (Å²) in [5.41, 5.74) is 2.81. The van der Waals surface area contributed by atoms with Crippen LogP contribution in [0.15, 0.2) is 22.8 Å². The van der Waals surface area contributed by atoms with Gasteiger partial charge in [0.05, 0.1) is 0 Å². The van der Waals surface area contributed by atoms with Crippen LogP contribution in [0.4, 0.5) is 0 Å². The van der Waals surface area contributed by atoms with Crippen LogP contribution in [-0.2, 0) is 6.54 Å². The maximum absolute atomic E-state index is 9.15. The van der Waals surface area contributed by atoms with Crippen LogP contribution in [0.5, 0.6) is 0 Å². The van der Waals surface area contributed by atoms with E-state index < -0.39 is 0 Å². The molecule has 2 heterocycles. The molecule has 1 unspecified atom stereocenters. The predicted molar refractivity (Wildman–Crippen MR) is 75.2 cm³/mol. The van der Waals surface area contributed by atoms with Crippen LogP contribution in [0.2, 0.25) is 0 Å². The molecule has 1 aromatic carbocycles. The second-order valence-electron chi connectivity index (χ2n) is 5.43. The van der Waals surface area contributed by atoms with Crippen LogP contribution >= 0.6 is 0 Å². The first-order valence-corrected chi connectivity index (χ1v) is 7.01. The van der Waals surface area contributed by atoms with Gasteiger partial charge in [-0.1, -0.05) is 12.1 Å². The van der Waals surface area contributed by atoms with Crippen molar-refractivity contribution in [2.75, 3.05) is 33.3 Å². The zero-order chi connectivity index (χ0) is 13.9. The Morgan fingerprint density at radius 2 is 2.25 bits per heavy atom. The van der Waals surface area contributed by atoms with Gasteiger partial charge in [0.15, 0.2) is 0 Å². The number of piperazine rings is 1. The second kappa shape index (κ2) is 5.87. The van der Waals surface area contributed by atoms with Crippen molar-refractivity contribution in [1.29, 1.82) is 0 Å².